The summed E-state index contributed by atoms with van der Waals surface area (Å²) in [5.74, 6) is 0. The van der Waals surface area contributed by atoms with Gasteiger partial charge in [0.05, 0.1) is 0 Å². The zero-order valence-electron chi connectivity index (χ0n) is 22.5. The van der Waals surface area contributed by atoms with Crippen molar-refractivity contribution in [1.82, 2.24) is 0 Å². The summed E-state index contributed by atoms with van der Waals surface area (Å²) in [6.07, 6.45) is 0. The van der Waals surface area contributed by atoms with Crippen LogP contribution < -0.4 is 15.6 Å². The fourth-order valence-electron chi connectivity index (χ4n) is 7.12. The predicted octanol–water partition coefficient (Wildman–Crippen LogP) is 7.46. The van der Waals surface area contributed by atoms with Gasteiger partial charge in [0.1, 0.15) is 0 Å². The number of benzene rings is 3. The van der Waals surface area contributed by atoms with Crippen molar-refractivity contribution in [2.45, 2.75) is 62.3 Å². The van der Waals surface area contributed by atoms with Gasteiger partial charge in [-0.1, -0.05) is 0 Å². The summed E-state index contributed by atoms with van der Waals surface area (Å²) in [6.45, 7) is 14.4. The molecule has 1 unspecified atom stereocenters. The zero-order valence-corrected chi connectivity index (χ0v) is 25.1. The molecule has 0 saturated heterocycles. The van der Waals surface area contributed by atoms with E-state index < -0.39 is 24.7 Å². The van der Waals surface area contributed by atoms with Crippen molar-refractivity contribution in [2.24, 2.45) is 0 Å². The Kier molecular flexibility index (Phi) is 6.62. The van der Waals surface area contributed by atoms with E-state index in [4.69, 9.17) is 0 Å². The standard InChI is InChI=1S/C29H31Si.3CH3.Ti/c1-21-17-22(2)19-28(18-21)30(26-13-9-7-10-14-26,27-15-11-8-12-16-27)29(6)20-23(3)24(4)25(29)5;;;;/h7-19H,1-6H3;3*1H3;. The second-order valence-electron chi connectivity index (χ2n) is 11.5. The normalized spacial score (nSPS) is 19.2. The predicted molar refractivity (Wildman–Crippen MR) is 150 cm³/mol. The first-order chi connectivity index (χ1) is 16.0. The molecular weight excluding hydrogens is 460 g/mol. The first kappa shape index (κ1) is 25.2. The van der Waals surface area contributed by atoms with Crippen molar-refractivity contribution in [3.05, 3.63) is 111 Å². The van der Waals surface area contributed by atoms with Gasteiger partial charge in [-0.25, -0.2) is 0 Å². The molecule has 0 aromatic heterocycles. The molecule has 0 spiro atoms. The Morgan fingerprint density at radius 2 is 1.03 bits per heavy atom. The van der Waals surface area contributed by atoms with Crippen molar-refractivity contribution in [3.63, 3.8) is 0 Å². The third-order valence-electron chi connectivity index (χ3n) is 8.32. The molecule has 3 aromatic carbocycles. The van der Waals surface area contributed by atoms with Gasteiger partial charge in [-0.2, -0.15) is 0 Å². The van der Waals surface area contributed by atoms with Crippen LogP contribution in [0.3, 0.4) is 0 Å². The van der Waals surface area contributed by atoms with Gasteiger partial charge in [-0.15, -0.1) is 0 Å². The Morgan fingerprint density at radius 1 is 0.588 bits per heavy atom. The summed E-state index contributed by atoms with van der Waals surface area (Å²) >= 11 is -2.27. The second-order valence-corrected chi connectivity index (χ2v) is 23.5. The fourth-order valence-corrected chi connectivity index (χ4v) is 20.5. The summed E-state index contributed by atoms with van der Waals surface area (Å²) in [5, 5.41) is 12.3. The van der Waals surface area contributed by atoms with E-state index in [2.05, 4.69) is 136 Å². The monoisotopic (exact) mass is 500 g/mol. The van der Waals surface area contributed by atoms with Crippen LogP contribution in [0.4, 0.5) is 0 Å². The van der Waals surface area contributed by atoms with Crippen molar-refractivity contribution in [1.29, 1.82) is 0 Å². The molecule has 1 aliphatic rings. The molecule has 0 nitrogen and oxygen atoms in total. The number of aryl methyl sites for hydroxylation is 2. The van der Waals surface area contributed by atoms with Crippen LogP contribution in [0, 0.1) is 13.8 Å². The number of rotatable bonds is 5. The molecule has 1 aliphatic carbocycles. The third-order valence-corrected chi connectivity index (χ3v) is 18.1. The van der Waals surface area contributed by atoms with Crippen LogP contribution in [0.25, 0.3) is 0 Å². The maximum absolute atomic E-state index is 2.62. The zero-order chi connectivity index (χ0) is 24.9. The van der Waals surface area contributed by atoms with Gasteiger partial charge in [0, 0.05) is 0 Å². The third kappa shape index (κ3) is 3.68. The Hall–Kier alpha value is -1.93. The van der Waals surface area contributed by atoms with Crippen LogP contribution in [0.15, 0.2) is 99.5 Å². The van der Waals surface area contributed by atoms with Crippen molar-refractivity contribution < 1.29 is 16.6 Å². The average molecular weight is 501 g/mol. The Labute approximate surface area is 212 Å². The quantitative estimate of drug-likeness (QED) is 0.252. The Morgan fingerprint density at radius 3 is 1.44 bits per heavy atom. The van der Waals surface area contributed by atoms with Crippen LogP contribution in [0.1, 0.15) is 38.8 Å². The first-order valence-corrected chi connectivity index (χ1v) is 20.0. The van der Waals surface area contributed by atoms with E-state index >= 15 is 0 Å². The van der Waals surface area contributed by atoms with Crippen LogP contribution >= 0.6 is 0 Å². The molecule has 3 aromatic rings. The molecule has 0 bridgehead atoms. The van der Waals surface area contributed by atoms with Crippen LogP contribution in [-0.4, -0.2) is 8.07 Å². The van der Waals surface area contributed by atoms with E-state index in [-0.39, 0.29) is 5.04 Å². The van der Waals surface area contributed by atoms with Gasteiger partial charge in [0.2, 0.25) is 0 Å². The summed E-state index contributed by atoms with van der Waals surface area (Å²) in [4.78, 5) is 0. The Bertz CT molecular complexity index is 1220. The van der Waals surface area contributed by atoms with E-state index in [1.807, 2.05) is 0 Å². The minimum absolute atomic E-state index is 0.0116. The van der Waals surface area contributed by atoms with E-state index in [0.29, 0.717) is 0 Å². The molecule has 1 atom stereocenters. The van der Waals surface area contributed by atoms with Gasteiger partial charge in [-0.05, 0) is 0 Å². The molecule has 0 radical (unpaired) electrons. The Balaban J connectivity index is 2.30. The second kappa shape index (κ2) is 8.94. The average Bonchev–Trinajstić information content (AvgIpc) is 2.95. The summed E-state index contributed by atoms with van der Waals surface area (Å²) in [5.41, 5.74) is 7.39. The van der Waals surface area contributed by atoms with Crippen LogP contribution in [0.2, 0.25) is 20.7 Å². The van der Waals surface area contributed by atoms with Crippen molar-refractivity contribution in [3.8, 4) is 0 Å². The van der Waals surface area contributed by atoms with Gasteiger partial charge in [-0.3, -0.25) is 0 Å². The molecule has 2 heteroatoms. The molecule has 0 fully saturated rings. The molecule has 0 saturated carbocycles. The van der Waals surface area contributed by atoms with Gasteiger partial charge < -0.3 is 0 Å². The van der Waals surface area contributed by atoms with Crippen molar-refractivity contribution in [2.75, 3.05) is 0 Å². The molecule has 34 heavy (non-hydrogen) atoms. The molecule has 0 aliphatic heterocycles. The fraction of sp³-hybridized carbons (Fsp3) is 0.312. The summed E-state index contributed by atoms with van der Waals surface area (Å²) in [7, 11) is -2.57. The molecule has 0 heterocycles. The maximum atomic E-state index is 2.62. The SMILES string of the molecule is CC1=C(C)C(C)([Si](c2ccccc2)(c2ccccc2)c2cc(C)cc(C)c2)[C]([Ti]([CH3])([CH3])[CH3])=C1C. The summed E-state index contributed by atoms with van der Waals surface area (Å²) < 4.78 is 1.79. The number of allylic oxidation sites excluding steroid dienone is 4. The molecule has 0 N–H and O–H groups in total. The van der Waals surface area contributed by atoms with Crippen LogP contribution in [-0.2, 0) is 16.6 Å². The molecule has 176 valence electrons. The topological polar surface area (TPSA) is 0 Å². The summed E-state index contributed by atoms with van der Waals surface area (Å²) in [6, 6.07) is 30.4. The van der Waals surface area contributed by atoms with E-state index in [1.54, 1.807) is 15.0 Å². The van der Waals surface area contributed by atoms with E-state index in [0.717, 1.165) is 0 Å². The number of hydrogen-bond donors (Lipinski definition) is 0. The van der Waals surface area contributed by atoms with E-state index in [9.17, 15) is 0 Å². The first-order valence-electron chi connectivity index (χ1n) is 12.6. The van der Waals surface area contributed by atoms with Crippen LogP contribution in [0.5, 0.6) is 0 Å². The van der Waals surface area contributed by atoms with Gasteiger partial charge >= 0.3 is 213 Å². The van der Waals surface area contributed by atoms with Crippen molar-refractivity contribution >= 4 is 23.6 Å². The van der Waals surface area contributed by atoms with E-state index in [1.165, 1.54) is 32.3 Å². The molecular formula is C32H40SiTi. The number of hydrogen-bond acceptors (Lipinski definition) is 0. The van der Waals surface area contributed by atoms with Gasteiger partial charge in [0.25, 0.3) is 0 Å². The molecule has 4 rings (SSSR count). The van der Waals surface area contributed by atoms with Gasteiger partial charge in [0.15, 0.2) is 0 Å². The minimum atomic E-state index is -2.57. The molecule has 0 amide bonds.